The van der Waals surface area contributed by atoms with Crippen LogP contribution in [-0.2, 0) is 9.59 Å². The Labute approximate surface area is 174 Å². The molecule has 1 aliphatic carbocycles. The number of carbonyl (C=O) groups is 2. The van der Waals surface area contributed by atoms with Gasteiger partial charge in [-0.15, -0.1) is 0 Å². The fourth-order valence-corrected chi connectivity index (χ4v) is 4.99. The Morgan fingerprint density at radius 1 is 1.00 bits per heavy atom. The lowest BCUT2D eigenvalue weighted by Gasteiger charge is -2.43. The SMILES string of the molecule is Cc1ccc(N2C(=O)CC(c3ccccc3Br)C3=C2CC(C)(C)CC3=O)cc1. The van der Waals surface area contributed by atoms with Gasteiger partial charge in [0.25, 0.3) is 0 Å². The van der Waals surface area contributed by atoms with Crippen molar-refractivity contribution in [3.8, 4) is 0 Å². The summed E-state index contributed by atoms with van der Waals surface area (Å²) in [6.45, 7) is 6.24. The van der Waals surface area contributed by atoms with Crippen LogP contribution in [0.5, 0.6) is 0 Å². The van der Waals surface area contributed by atoms with Gasteiger partial charge >= 0.3 is 0 Å². The van der Waals surface area contributed by atoms with E-state index in [9.17, 15) is 9.59 Å². The van der Waals surface area contributed by atoms with E-state index in [2.05, 4.69) is 29.8 Å². The molecule has 0 N–H and O–H groups in total. The Morgan fingerprint density at radius 3 is 2.36 bits per heavy atom. The van der Waals surface area contributed by atoms with Crippen molar-refractivity contribution in [2.75, 3.05) is 4.90 Å². The van der Waals surface area contributed by atoms with E-state index in [0.29, 0.717) is 19.3 Å². The smallest absolute Gasteiger partial charge is 0.232 e. The molecule has 144 valence electrons. The van der Waals surface area contributed by atoms with E-state index < -0.39 is 0 Å². The van der Waals surface area contributed by atoms with E-state index in [1.807, 2.05) is 55.5 Å². The number of Topliss-reactive ketones (excluding diaryl/α,β-unsaturated/α-hetero) is 1. The highest BCUT2D eigenvalue weighted by atomic mass is 79.9. The van der Waals surface area contributed by atoms with Crippen molar-refractivity contribution in [3.05, 3.63) is 75.4 Å². The topological polar surface area (TPSA) is 37.4 Å². The molecule has 28 heavy (non-hydrogen) atoms. The van der Waals surface area contributed by atoms with E-state index in [1.165, 1.54) is 0 Å². The quantitative estimate of drug-likeness (QED) is 0.584. The first-order chi connectivity index (χ1) is 13.3. The standard InChI is InChI=1S/C24H24BrNO2/c1-15-8-10-16(11-9-15)26-20-13-24(2,3)14-21(27)23(20)18(12-22(26)28)17-6-4-5-7-19(17)25/h4-11,18H,12-14H2,1-3H3. The Balaban J connectivity index is 1.91. The molecule has 4 rings (SSSR count). The number of hydrogen-bond donors (Lipinski definition) is 0. The summed E-state index contributed by atoms with van der Waals surface area (Å²) >= 11 is 3.62. The van der Waals surface area contributed by atoms with Gasteiger partial charge in [-0.2, -0.15) is 0 Å². The summed E-state index contributed by atoms with van der Waals surface area (Å²) in [5.41, 5.74) is 4.54. The molecule has 1 aliphatic heterocycles. The van der Waals surface area contributed by atoms with Gasteiger partial charge in [0, 0.05) is 40.2 Å². The second-order valence-electron chi connectivity index (χ2n) is 8.64. The molecule has 1 unspecified atom stereocenters. The van der Waals surface area contributed by atoms with Crippen molar-refractivity contribution >= 4 is 33.3 Å². The van der Waals surface area contributed by atoms with Gasteiger partial charge in [-0.25, -0.2) is 0 Å². The molecule has 1 amide bonds. The summed E-state index contributed by atoms with van der Waals surface area (Å²) in [6, 6.07) is 15.9. The molecule has 1 heterocycles. The first kappa shape index (κ1) is 19.1. The summed E-state index contributed by atoms with van der Waals surface area (Å²) in [7, 11) is 0. The molecule has 2 aromatic rings. The third-order valence-corrected chi connectivity index (χ3v) is 6.44. The monoisotopic (exact) mass is 437 g/mol. The minimum Gasteiger partial charge on any atom is -0.294 e. The number of amides is 1. The lowest BCUT2D eigenvalue weighted by molar-refractivity contribution is -0.121. The minimum atomic E-state index is -0.191. The number of ketones is 1. The van der Waals surface area contributed by atoms with Gasteiger partial charge < -0.3 is 0 Å². The van der Waals surface area contributed by atoms with Crippen LogP contribution in [0.15, 0.2) is 64.3 Å². The van der Waals surface area contributed by atoms with E-state index in [-0.39, 0.29) is 23.0 Å². The Hall–Kier alpha value is -2.20. The zero-order valence-electron chi connectivity index (χ0n) is 16.5. The molecule has 4 heteroatoms. The van der Waals surface area contributed by atoms with Crippen molar-refractivity contribution in [1.82, 2.24) is 0 Å². The summed E-state index contributed by atoms with van der Waals surface area (Å²) in [6.07, 6.45) is 1.54. The predicted octanol–water partition coefficient (Wildman–Crippen LogP) is 5.92. The Kier molecular flexibility index (Phi) is 4.78. The molecule has 0 fully saturated rings. The van der Waals surface area contributed by atoms with Crippen LogP contribution in [-0.4, -0.2) is 11.7 Å². The molecule has 0 saturated heterocycles. The van der Waals surface area contributed by atoms with E-state index >= 15 is 0 Å². The number of anilines is 1. The first-order valence-electron chi connectivity index (χ1n) is 9.67. The fraction of sp³-hybridized carbons (Fsp3) is 0.333. The van der Waals surface area contributed by atoms with E-state index in [0.717, 1.165) is 32.6 Å². The predicted molar refractivity (Wildman–Crippen MR) is 115 cm³/mol. The van der Waals surface area contributed by atoms with Crippen molar-refractivity contribution in [3.63, 3.8) is 0 Å². The molecular weight excluding hydrogens is 414 g/mol. The van der Waals surface area contributed by atoms with Crippen LogP contribution in [0.1, 0.15) is 50.2 Å². The maximum Gasteiger partial charge on any atom is 0.232 e. The zero-order chi connectivity index (χ0) is 20.1. The van der Waals surface area contributed by atoms with Crippen LogP contribution < -0.4 is 4.90 Å². The Morgan fingerprint density at radius 2 is 1.68 bits per heavy atom. The molecule has 2 aromatic carbocycles. The van der Waals surface area contributed by atoms with Crippen molar-refractivity contribution in [1.29, 1.82) is 0 Å². The van der Waals surface area contributed by atoms with Gasteiger partial charge in [0.05, 0.1) is 0 Å². The normalized spacial score (nSPS) is 21.7. The lowest BCUT2D eigenvalue weighted by atomic mass is 9.69. The van der Waals surface area contributed by atoms with Gasteiger partial charge in [0.1, 0.15) is 0 Å². The second kappa shape index (κ2) is 7.00. The molecular formula is C24H24BrNO2. The van der Waals surface area contributed by atoms with Crippen molar-refractivity contribution in [2.45, 2.75) is 46.0 Å². The third kappa shape index (κ3) is 3.35. The van der Waals surface area contributed by atoms with Crippen LogP contribution in [0.4, 0.5) is 5.69 Å². The van der Waals surface area contributed by atoms with Crippen LogP contribution in [0.3, 0.4) is 0 Å². The van der Waals surface area contributed by atoms with Crippen molar-refractivity contribution < 1.29 is 9.59 Å². The van der Waals surface area contributed by atoms with Gasteiger partial charge in [-0.05, 0) is 42.5 Å². The molecule has 0 bridgehead atoms. The number of benzene rings is 2. The molecule has 0 spiro atoms. The highest BCUT2D eigenvalue weighted by Crippen LogP contribution is 2.49. The van der Waals surface area contributed by atoms with E-state index in [4.69, 9.17) is 0 Å². The van der Waals surface area contributed by atoms with Crippen LogP contribution in [0.25, 0.3) is 0 Å². The van der Waals surface area contributed by atoms with Crippen LogP contribution >= 0.6 is 15.9 Å². The number of nitrogens with zero attached hydrogens (tertiary/aromatic N) is 1. The largest absolute Gasteiger partial charge is 0.294 e. The maximum atomic E-state index is 13.3. The maximum absolute atomic E-state index is 13.3. The zero-order valence-corrected chi connectivity index (χ0v) is 18.0. The molecule has 2 aliphatic rings. The average Bonchev–Trinajstić information content (AvgIpc) is 2.61. The highest BCUT2D eigenvalue weighted by Gasteiger charge is 2.44. The number of hydrogen-bond acceptors (Lipinski definition) is 2. The van der Waals surface area contributed by atoms with E-state index in [1.54, 1.807) is 4.90 Å². The number of aryl methyl sites for hydroxylation is 1. The third-order valence-electron chi connectivity index (χ3n) is 5.72. The number of rotatable bonds is 2. The van der Waals surface area contributed by atoms with Gasteiger partial charge in [-0.3, -0.25) is 14.5 Å². The van der Waals surface area contributed by atoms with Crippen LogP contribution in [0.2, 0.25) is 0 Å². The van der Waals surface area contributed by atoms with Gasteiger partial charge in [0.15, 0.2) is 5.78 Å². The summed E-state index contributed by atoms with van der Waals surface area (Å²) < 4.78 is 0.945. The molecule has 0 aromatic heterocycles. The number of allylic oxidation sites excluding steroid dienone is 2. The number of halogens is 1. The summed E-state index contributed by atoms with van der Waals surface area (Å²) in [5, 5.41) is 0. The Bertz CT molecular complexity index is 988. The van der Waals surface area contributed by atoms with Crippen molar-refractivity contribution in [2.24, 2.45) is 5.41 Å². The summed E-state index contributed by atoms with van der Waals surface area (Å²) in [4.78, 5) is 28.4. The van der Waals surface area contributed by atoms with Gasteiger partial charge in [-0.1, -0.05) is 65.7 Å². The molecule has 0 radical (unpaired) electrons. The average molecular weight is 438 g/mol. The molecule has 3 nitrogen and oxygen atoms in total. The summed E-state index contributed by atoms with van der Waals surface area (Å²) in [5.74, 6) is 0.0221. The fourth-order valence-electron chi connectivity index (χ4n) is 4.43. The molecule has 1 atom stereocenters. The second-order valence-corrected chi connectivity index (χ2v) is 9.50. The minimum absolute atomic E-state index is 0.0499. The molecule has 0 saturated carbocycles. The lowest BCUT2D eigenvalue weighted by Crippen LogP contribution is -2.43. The number of carbonyl (C=O) groups excluding carboxylic acids is 2. The highest BCUT2D eigenvalue weighted by molar-refractivity contribution is 9.10. The first-order valence-corrected chi connectivity index (χ1v) is 10.5. The van der Waals surface area contributed by atoms with Gasteiger partial charge in [0.2, 0.25) is 5.91 Å². The van der Waals surface area contributed by atoms with Crippen LogP contribution in [0, 0.1) is 12.3 Å².